The number of benzene rings is 1. The first kappa shape index (κ1) is 30.4. The first-order chi connectivity index (χ1) is 16.9. The molecule has 1 rings (SSSR count). The van der Waals surface area contributed by atoms with Crippen LogP contribution in [0, 0.1) is 0 Å². The Morgan fingerprint density at radius 3 is 1.94 bits per heavy atom. The molecule has 0 aliphatic carbocycles. The Hall–Kier alpha value is -3.65. The van der Waals surface area contributed by atoms with Crippen LogP contribution in [-0.2, 0) is 35.2 Å². The van der Waals surface area contributed by atoms with Crippen LogP contribution in [0.1, 0.15) is 24.8 Å². The zero-order valence-electron chi connectivity index (χ0n) is 19.6. The van der Waals surface area contributed by atoms with Crippen LogP contribution in [0.15, 0.2) is 30.3 Å². The quantitative estimate of drug-likeness (QED) is 0.128. The summed E-state index contributed by atoms with van der Waals surface area (Å²) in [5.41, 5.74) is 11.7. The van der Waals surface area contributed by atoms with Gasteiger partial charge in [-0.15, -0.1) is 0 Å². The highest BCUT2D eigenvalue weighted by molar-refractivity contribution is 7.98. The van der Waals surface area contributed by atoms with Crippen molar-refractivity contribution in [3.8, 4) is 0 Å². The fourth-order valence-electron chi connectivity index (χ4n) is 3.07. The molecular weight excluding hydrogens is 494 g/mol. The second-order valence-electron chi connectivity index (χ2n) is 7.87. The van der Waals surface area contributed by atoms with E-state index in [1.165, 1.54) is 11.8 Å². The van der Waals surface area contributed by atoms with Crippen LogP contribution >= 0.6 is 11.8 Å². The van der Waals surface area contributed by atoms with Gasteiger partial charge >= 0.3 is 11.9 Å². The molecule has 14 heteroatoms. The minimum atomic E-state index is -1.62. The maximum Gasteiger partial charge on any atom is 0.326 e. The summed E-state index contributed by atoms with van der Waals surface area (Å²) in [5.74, 6) is -6.11. The number of carboxylic acids is 2. The third kappa shape index (κ3) is 11.2. The smallest absolute Gasteiger partial charge is 0.326 e. The zero-order valence-corrected chi connectivity index (χ0v) is 20.5. The fraction of sp³-hybridized carbons (Fsp3) is 0.455. The van der Waals surface area contributed by atoms with Crippen LogP contribution in [0.25, 0.3) is 0 Å². The van der Waals surface area contributed by atoms with Crippen LogP contribution in [-0.4, -0.2) is 82.0 Å². The van der Waals surface area contributed by atoms with Crippen molar-refractivity contribution in [1.29, 1.82) is 0 Å². The lowest BCUT2D eigenvalue weighted by molar-refractivity contribution is -0.144. The molecule has 0 saturated carbocycles. The van der Waals surface area contributed by atoms with Gasteiger partial charge < -0.3 is 37.6 Å². The molecule has 0 aliphatic heterocycles. The highest BCUT2D eigenvalue weighted by atomic mass is 32.2. The van der Waals surface area contributed by atoms with E-state index in [0.29, 0.717) is 5.75 Å². The van der Waals surface area contributed by atoms with Gasteiger partial charge in [-0.25, -0.2) is 4.79 Å². The molecule has 36 heavy (non-hydrogen) atoms. The number of carbonyl (C=O) groups excluding carboxylic acids is 4. The number of amides is 4. The topological polar surface area (TPSA) is 231 Å². The third-order valence-corrected chi connectivity index (χ3v) is 5.55. The van der Waals surface area contributed by atoms with E-state index in [2.05, 4.69) is 16.0 Å². The second-order valence-corrected chi connectivity index (χ2v) is 8.85. The summed E-state index contributed by atoms with van der Waals surface area (Å²) in [4.78, 5) is 71.9. The molecule has 4 unspecified atom stereocenters. The summed E-state index contributed by atoms with van der Waals surface area (Å²) in [6.07, 6.45) is 0.491. The molecule has 0 aromatic heterocycles. The molecule has 198 valence electrons. The lowest BCUT2D eigenvalue weighted by Gasteiger charge is -2.24. The van der Waals surface area contributed by atoms with E-state index < -0.39 is 72.6 Å². The molecule has 0 bridgehead atoms. The predicted molar refractivity (Wildman–Crippen MR) is 131 cm³/mol. The Balaban J connectivity index is 2.95. The normalized spacial score (nSPS) is 13.9. The average molecular weight is 526 g/mol. The van der Waals surface area contributed by atoms with Crippen molar-refractivity contribution in [3.63, 3.8) is 0 Å². The summed E-state index contributed by atoms with van der Waals surface area (Å²) >= 11 is 1.34. The molecule has 0 spiro atoms. The Morgan fingerprint density at radius 1 is 0.861 bits per heavy atom. The molecule has 1 aromatic rings. The minimum absolute atomic E-state index is 0.0584. The SMILES string of the molecule is CSCCC(NC(=O)C(CC(=O)O)NC(=O)C(N)Cc1ccccc1)C(=O)NC(CC(N)=O)C(=O)O. The number of rotatable bonds is 16. The van der Waals surface area contributed by atoms with Crippen LogP contribution in [0.2, 0.25) is 0 Å². The number of carbonyl (C=O) groups is 6. The first-order valence-electron chi connectivity index (χ1n) is 10.9. The van der Waals surface area contributed by atoms with Crippen molar-refractivity contribution in [3.05, 3.63) is 35.9 Å². The molecule has 0 radical (unpaired) electrons. The molecule has 4 atom stereocenters. The number of aliphatic carboxylic acids is 2. The number of primary amides is 1. The highest BCUT2D eigenvalue weighted by Gasteiger charge is 2.31. The Morgan fingerprint density at radius 2 is 1.42 bits per heavy atom. The van der Waals surface area contributed by atoms with Gasteiger partial charge in [0.1, 0.15) is 18.1 Å². The van der Waals surface area contributed by atoms with Gasteiger partial charge in [0, 0.05) is 0 Å². The van der Waals surface area contributed by atoms with Gasteiger partial charge in [0.05, 0.1) is 18.9 Å². The summed E-state index contributed by atoms with van der Waals surface area (Å²) in [7, 11) is 0. The molecular formula is C22H31N5O8S. The average Bonchev–Trinajstić information content (AvgIpc) is 2.80. The Kier molecular flexibility index (Phi) is 13.0. The summed E-state index contributed by atoms with van der Waals surface area (Å²) in [5, 5.41) is 25.2. The van der Waals surface area contributed by atoms with E-state index in [4.69, 9.17) is 11.5 Å². The first-order valence-corrected chi connectivity index (χ1v) is 12.3. The molecule has 0 aliphatic rings. The van der Waals surface area contributed by atoms with Gasteiger partial charge in [0.15, 0.2) is 0 Å². The predicted octanol–water partition coefficient (Wildman–Crippen LogP) is -1.80. The standard InChI is InChI=1S/C22H31N5O8S/c1-36-8-7-14(20(32)27-16(22(34)35)10-17(24)28)25-21(33)15(11-18(29)30)26-19(31)13(23)9-12-5-3-2-4-6-12/h2-6,13-16H,7-11,23H2,1H3,(H2,24,28)(H,25,33)(H,26,31)(H,27,32)(H,29,30)(H,34,35). The summed E-state index contributed by atoms with van der Waals surface area (Å²) in [6.45, 7) is 0. The van der Waals surface area contributed by atoms with Gasteiger partial charge in [0.2, 0.25) is 23.6 Å². The van der Waals surface area contributed by atoms with Gasteiger partial charge in [-0.3, -0.25) is 24.0 Å². The van der Waals surface area contributed by atoms with Crippen molar-refractivity contribution < 1.29 is 39.0 Å². The number of hydrogen-bond acceptors (Lipinski definition) is 8. The molecule has 9 N–H and O–H groups in total. The van der Waals surface area contributed by atoms with Crippen molar-refractivity contribution in [2.45, 2.75) is 49.9 Å². The number of thioether (sulfide) groups is 1. The maximum absolute atomic E-state index is 12.9. The third-order valence-electron chi connectivity index (χ3n) is 4.91. The van der Waals surface area contributed by atoms with Gasteiger partial charge in [-0.05, 0) is 30.4 Å². The van der Waals surface area contributed by atoms with Crippen molar-refractivity contribution in [2.75, 3.05) is 12.0 Å². The van der Waals surface area contributed by atoms with Gasteiger partial charge in [0.25, 0.3) is 0 Å². The number of hydrogen-bond donors (Lipinski definition) is 7. The van der Waals surface area contributed by atoms with Crippen LogP contribution in [0.4, 0.5) is 0 Å². The van der Waals surface area contributed by atoms with E-state index in [0.717, 1.165) is 5.56 Å². The van der Waals surface area contributed by atoms with Crippen LogP contribution in [0.3, 0.4) is 0 Å². The fourth-order valence-corrected chi connectivity index (χ4v) is 3.55. The summed E-state index contributed by atoms with van der Waals surface area (Å²) in [6, 6.07) is 3.31. The molecule has 0 fully saturated rings. The second kappa shape index (κ2) is 15.4. The van der Waals surface area contributed by atoms with E-state index >= 15 is 0 Å². The molecule has 0 heterocycles. The Labute approximate surface area is 211 Å². The molecule has 13 nitrogen and oxygen atoms in total. The monoisotopic (exact) mass is 525 g/mol. The van der Waals surface area contributed by atoms with E-state index in [1.54, 1.807) is 36.6 Å². The van der Waals surface area contributed by atoms with E-state index in [9.17, 15) is 39.0 Å². The van der Waals surface area contributed by atoms with Gasteiger partial charge in [-0.1, -0.05) is 30.3 Å². The molecule has 1 aromatic carbocycles. The largest absolute Gasteiger partial charge is 0.481 e. The van der Waals surface area contributed by atoms with Crippen LogP contribution in [0.5, 0.6) is 0 Å². The minimum Gasteiger partial charge on any atom is -0.481 e. The van der Waals surface area contributed by atoms with E-state index in [1.807, 2.05) is 0 Å². The van der Waals surface area contributed by atoms with Crippen molar-refractivity contribution >= 4 is 47.3 Å². The maximum atomic E-state index is 12.9. The lowest BCUT2D eigenvalue weighted by Crippen LogP contribution is -2.58. The number of nitrogens with two attached hydrogens (primary N) is 2. The molecule has 4 amide bonds. The van der Waals surface area contributed by atoms with Crippen LogP contribution < -0.4 is 27.4 Å². The van der Waals surface area contributed by atoms with Gasteiger partial charge in [-0.2, -0.15) is 11.8 Å². The molecule has 0 saturated heterocycles. The van der Waals surface area contributed by atoms with Crippen molar-refractivity contribution in [2.24, 2.45) is 11.5 Å². The number of carboxylic acid groups (broad SMARTS) is 2. The summed E-state index contributed by atoms with van der Waals surface area (Å²) < 4.78 is 0. The van der Waals surface area contributed by atoms with E-state index in [-0.39, 0.29) is 12.8 Å². The highest BCUT2D eigenvalue weighted by Crippen LogP contribution is 2.06. The van der Waals surface area contributed by atoms with Crippen molar-refractivity contribution in [1.82, 2.24) is 16.0 Å². The number of nitrogens with one attached hydrogen (secondary N) is 3. The zero-order chi connectivity index (χ0) is 27.3. The lowest BCUT2D eigenvalue weighted by atomic mass is 10.0. The Bertz CT molecular complexity index is 946.